The van der Waals surface area contributed by atoms with Gasteiger partial charge < -0.3 is 20.0 Å². The van der Waals surface area contributed by atoms with Crippen LogP contribution in [0.3, 0.4) is 0 Å². The summed E-state index contributed by atoms with van der Waals surface area (Å²) in [6, 6.07) is 10.7. The number of piperazine rings is 1. The van der Waals surface area contributed by atoms with Crippen molar-refractivity contribution in [1.29, 1.82) is 0 Å². The zero-order valence-electron chi connectivity index (χ0n) is 18.0. The van der Waals surface area contributed by atoms with Crippen molar-refractivity contribution >= 4 is 17.6 Å². The molecule has 4 rings (SSSR count). The maximum Gasteiger partial charge on any atom is 0.320 e. The van der Waals surface area contributed by atoms with Gasteiger partial charge in [-0.25, -0.2) is 4.79 Å². The van der Waals surface area contributed by atoms with E-state index in [1.165, 1.54) is 5.69 Å². The molecule has 1 unspecified atom stereocenters. The summed E-state index contributed by atoms with van der Waals surface area (Å²) in [5, 5.41) is 3.13. The highest BCUT2D eigenvalue weighted by Gasteiger charge is 2.31. The van der Waals surface area contributed by atoms with E-state index in [0.717, 1.165) is 78.0 Å². The SMILES string of the molecule is O=C(NCCN1CCN(c2ccccc2)CC1)C1CCCN(C(=O)N2CCCC2)C1. The van der Waals surface area contributed by atoms with Crippen molar-refractivity contribution in [1.82, 2.24) is 20.0 Å². The molecule has 3 aliphatic heterocycles. The quantitative estimate of drug-likeness (QED) is 0.801. The number of hydrogen-bond donors (Lipinski definition) is 1. The molecular weight excluding hydrogens is 378 g/mol. The molecule has 1 N–H and O–H groups in total. The lowest BCUT2D eigenvalue weighted by Crippen LogP contribution is -2.51. The molecule has 0 aromatic heterocycles. The van der Waals surface area contributed by atoms with Crippen molar-refractivity contribution < 1.29 is 9.59 Å². The van der Waals surface area contributed by atoms with Gasteiger partial charge in [-0.2, -0.15) is 0 Å². The Hall–Kier alpha value is -2.28. The number of amides is 3. The lowest BCUT2D eigenvalue weighted by atomic mass is 9.97. The summed E-state index contributed by atoms with van der Waals surface area (Å²) in [6.07, 6.45) is 4.00. The fraction of sp³-hybridized carbons (Fsp3) is 0.652. The normalized spacial score (nSPS) is 22.9. The van der Waals surface area contributed by atoms with Crippen LogP contribution in [0.4, 0.5) is 10.5 Å². The number of rotatable bonds is 5. The summed E-state index contributed by atoms with van der Waals surface area (Å²) < 4.78 is 0. The second-order valence-corrected chi connectivity index (χ2v) is 8.72. The van der Waals surface area contributed by atoms with Crippen LogP contribution in [0.15, 0.2) is 30.3 Å². The largest absolute Gasteiger partial charge is 0.369 e. The summed E-state index contributed by atoms with van der Waals surface area (Å²) in [7, 11) is 0. The smallest absolute Gasteiger partial charge is 0.320 e. The Bertz CT molecular complexity index is 699. The van der Waals surface area contributed by atoms with Gasteiger partial charge in [-0.3, -0.25) is 9.69 Å². The van der Waals surface area contributed by atoms with Crippen LogP contribution in [-0.2, 0) is 4.79 Å². The molecule has 0 bridgehead atoms. The van der Waals surface area contributed by atoms with Crippen LogP contribution in [0.2, 0.25) is 0 Å². The van der Waals surface area contributed by atoms with Gasteiger partial charge in [0.15, 0.2) is 0 Å². The Morgan fingerprint density at radius 3 is 2.30 bits per heavy atom. The maximum absolute atomic E-state index is 12.7. The van der Waals surface area contributed by atoms with E-state index in [-0.39, 0.29) is 17.9 Å². The number of carbonyl (C=O) groups is 2. The van der Waals surface area contributed by atoms with E-state index in [0.29, 0.717) is 13.1 Å². The molecule has 0 radical (unpaired) electrons. The van der Waals surface area contributed by atoms with E-state index >= 15 is 0 Å². The van der Waals surface area contributed by atoms with Gasteiger partial charge in [0.2, 0.25) is 5.91 Å². The number of urea groups is 1. The van der Waals surface area contributed by atoms with Gasteiger partial charge in [0.05, 0.1) is 5.92 Å². The maximum atomic E-state index is 12.7. The number of benzene rings is 1. The molecule has 3 amide bonds. The van der Waals surface area contributed by atoms with Crippen LogP contribution in [0.5, 0.6) is 0 Å². The van der Waals surface area contributed by atoms with E-state index in [4.69, 9.17) is 0 Å². The fourth-order valence-corrected chi connectivity index (χ4v) is 4.82. The van der Waals surface area contributed by atoms with Gasteiger partial charge in [-0.15, -0.1) is 0 Å². The number of hydrogen-bond acceptors (Lipinski definition) is 4. The van der Waals surface area contributed by atoms with E-state index < -0.39 is 0 Å². The third-order valence-corrected chi connectivity index (χ3v) is 6.66. The number of anilines is 1. The van der Waals surface area contributed by atoms with Crippen molar-refractivity contribution in [2.24, 2.45) is 5.92 Å². The van der Waals surface area contributed by atoms with Gasteiger partial charge in [0.25, 0.3) is 0 Å². The number of nitrogens with one attached hydrogen (secondary N) is 1. The van der Waals surface area contributed by atoms with E-state index in [2.05, 4.69) is 45.4 Å². The zero-order chi connectivity index (χ0) is 20.8. The van der Waals surface area contributed by atoms with E-state index in [1.807, 2.05) is 9.80 Å². The van der Waals surface area contributed by atoms with Gasteiger partial charge in [-0.1, -0.05) is 18.2 Å². The molecule has 1 atom stereocenters. The Morgan fingerprint density at radius 2 is 1.57 bits per heavy atom. The first-order chi connectivity index (χ1) is 14.7. The molecule has 3 saturated heterocycles. The highest BCUT2D eigenvalue weighted by molar-refractivity contribution is 5.81. The minimum absolute atomic E-state index is 0.0692. The summed E-state index contributed by atoms with van der Waals surface area (Å²) in [6.45, 7) is 8.73. The molecular formula is C23H35N5O2. The average Bonchev–Trinajstić information content (AvgIpc) is 3.35. The standard InChI is InChI=1S/C23H35N5O2/c29-22(20-7-6-13-28(19-20)23(30)27-11-4-5-12-27)24-10-14-25-15-17-26(18-16-25)21-8-2-1-3-9-21/h1-3,8-9,20H,4-7,10-19H2,(H,24,29). The number of likely N-dealkylation sites (tertiary alicyclic amines) is 2. The molecule has 3 fully saturated rings. The van der Waals surface area contributed by atoms with Gasteiger partial charge in [0.1, 0.15) is 0 Å². The second kappa shape index (κ2) is 10.2. The van der Waals surface area contributed by atoms with Crippen molar-refractivity contribution in [2.45, 2.75) is 25.7 Å². The van der Waals surface area contributed by atoms with Crippen LogP contribution >= 0.6 is 0 Å². The number of carbonyl (C=O) groups excluding carboxylic acids is 2. The molecule has 0 spiro atoms. The van der Waals surface area contributed by atoms with Crippen molar-refractivity contribution in [3.63, 3.8) is 0 Å². The fourth-order valence-electron chi connectivity index (χ4n) is 4.82. The first kappa shape index (κ1) is 21.0. The van der Waals surface area contributed by atoms with Gasteiger partial charge >= 0.3 is 6.03 Å². The predicted molar refractivity (Wildman–Crippen MR) is 119 cm³/mol. The molecule has 7 heteroatoms. The topological polar surface area (TPSA) is 59.1 Å². The van der Waals surface area contributed by atoms with E-state index in [9.17, 15) is 9.59 Å². The third kappa shape index (κ3) is 5.25. The monoisotopic (exact) mass is 413 g/mol. The minimum atomic E-state index is -0.0692. The second-order valence-electron chi connectivity index (χ2n) is 8.72. The molecule has 30 heavy (non-hydrogen) atoms. The minimum Gasteiger partial charge on any atom is -0.369 e. The first-order valence-corrected chi connectivity index (χ1v) is 11.5. The number of piperidine rings is 1. The Kier molecular flexibility index (Phi) is 7.10. The summed E-state index contributed by atoms with van der Waals surface area (Å²) in [4.78, 5) is 34.0. The highest BCUT2D eigenvalue weighted by Crippen LogP contribution is 2.20. The number of para-hydroxylation sites is 1. The van der Waals surface area contributed by atoms with Crippen LogP contribution in [-0.4, -0.2) is 92.1 Å². The molecule has 164 valence electrons. The average molecular weight is 414 g/mol. The Labute approximate surface area is 180 Å². The van der Waals surface area contributed by atoms with Crippen molar-refractivity contribution in [3.8, 4) is 0 Å². The lowest BCUT2D eigenvalue weighted by Gasteiger charge is -2.36. The lowest BCUT2D eigenvalue weighted by molar-refractivity contribution is -0.126. The molecule has 0 aliphatic carbocycles. The summed E-state index contributed by atoms with van der Waals surface area (Å²) in [5.74, 6) is 0.0390. The van der Waals surface area contributed by atoms with Gasteiger partial charge in [0, 0.05) is 71.1 Å². The van der Waals surface area contributed by atoms with Gasteiger partial charge in [-0.05, 0) is 37.8 Å². The highest BCUT2D eigenvalue weighted by atomic mass is 16.2. The van der Waals surface area contributed by atoms with Crippen LogP contribution < -0.4 is 10.2 Å². The van der Waals surface area contributed by atoms with Crippen LogP contribution in [0.25, 0.3) is 0 Å². The molecule has 0 saturated carbocycles. The van der Waals surface area contributed by atoms with Crippen LogP contribution in [0, 0.1) is 5.92 Å². The predicted octanol–water partition coefficient (Wildman–Crippen LogP) is 1.85. The van der Waals surface area contributed by atoms with Crippen molar-refractivity contribution in [2.75, 3.05) is 70.3 Å². The number of nitrogens with zero attached hydrogens (tertiary/aromatic N) is 4. The summed E-state index contributed by atoms with van der Waals surface area (Å²) in [5.41, 5.74) is 1.29. The molecule has 1 aromatic rings. The Balaban J connectivity index is 1.16. The summed E-state index contributed by atoms with van der Waals surface area (Å²) >= 11 is 0. The first-order valence-electron chi connectivity index (χ1n) is 11.5. The van der Waals surface area contributed by atoms with Crippen molar-refractivity contribution in [3.05, 3.63) is 30.3 Å². The Morgan fingerprint density at radius 1 is 0.867 bits per heavy atom. The van der Waals surface area contributed by atoms with E-state index in [1.54, 1.807) is 0 Å². The van der Waals surface area contributed by atoms with Crippen LogP contribution in [0.1, 0.15) is 25.7 Å². The molecule has 3 heterocycles. The molecule has 3 aliphatic rings. The molecule has 7 nitrogen and oxygen atoms in total. The zero-order valence-corrected chi connectivity index (χ0v) is 18.0. The third-order valence-electron chi connectivity index (χ3n) is 6.66. The molecule has 1 aromatic carbocycles.